The van der Waals surface area contributed by atoms with E-state index in [1.165, 1.54) is 0 Å². The van der Waals surface area contributed by atoms with E-state index >= 15 is 0 Å². The number of aliphatic hydroxyl groups is 3. The van der Waals surface area contributed by atoms with E-state index in [2.05, 4.69) is 4.18 Å². The summed E-state index contributed by atoms with van der Waals surface area (Å²) in [6.45, 7) is -0.983. The molecule has 0 heterocycles. The molecule has 6 N–H and O–H groups in total. The van der Waals surface area contributed by atoms with Gasteiger partial charge in [-0.2, -0.15) is 8.42 Å². The van der Waals surface area contributed by atoms with Crippen molar-refractivity contribution in [3.05, 3.63) is 0 Å². The van der Waals surface area contributed by atoms with E-state index in [0.717, 1.165) is 0 Å². The Morgan fingerprint density at radius 3 is 2.00 bits per heavy atom. The van der Waals surface area contributed by atoms with E-state index < -0.39 is 41.4 Å². The Morgan fingerprint density at radius 1 is 1.22 bits per heavy atom. The average molecular weight is 302 g/mol. The average Bonchev–Trinajstić information content (AvgIpc) is 2.21. The third-order valence-electron chi connectivity index (χ3n) is 1.68. The largest absolute Gasteiger partial charge is 1.00 e. The van der Waals surface area contributed by atoms with Crippen LogP contribution in [0.15, 0.2) is 0 Å². The van der Waals surface area contributed by atoms with E-state index in [4.69, 9.17) is 20.5 Å². The first-order valence-corrected chi connectivity index (χ1v) is 5.42. The van der Waals surface area contributed by atoms with Crippen LogP contribution < -0.4 is 37.0 Å². The molecular formula is C6H13ClLiNO8S. The first kappa shape index (κ1) is 23.4. The van der Waals surface area contributed by atoms with Crippen molar-refractivity contribution in [1.29, 1.82) is 0 Å². The number of aldehydes is 1. The Bertz CT molecular complexity index is 328. The molecule has 0 bridgehead atoms. The molecule has 0 saturated carbocycles. The van der Waals surface area contributed by atoms with Gasteiger partial charge in [0.1, 0.15) is 24.6 Å². The molecule has 0 unspecified atom stereocenters. The molecule has 18 heavy (non-hydrogen) atoms. The third kappa shape index (κ3) is 9.23. The molecule has 0 rings (SSSR count). The normalized spacial score (nSPS) is 17.6. The Balaban J connectivity index is -0.00000112. The van der Waals surface area contributed by atoms with Gasteiger partial charge in [0, 0.05) is 0 Å². The van der Waals surface area contributed by atoms with Crippen molar-refractivity contribution in [2.24, 2.45) is 5.73 Å². The quantitative estimate of drug-likeness (QED) is 0.174. The Labute approximate surface area is 122 Å². The summed E-state index contributed by atoms with van der Waals surface area (Å²) in [4.78, 5) is 10.1. The molecule has 0 aliphatic rings. The van der Waals surface area contributed by atoms with Crippen LogP contribution in [0.1, 0.15) is 0 Å². The number of rotatable bonds is 7. The van der Waals surface area contributed by atoms with Gasteiger partial charge in [-0.05, 0) is 0 Å². The summed E-state index contributed by atoms with van der Waals surface area (Å²) in [7, 11) is -4.76. The smallest absolute Gasteiger partial charge is 1.00 e. The zero-order chi connectivity index (χ0) is 12.9. The van der Waals surface area contributed by atoms with Crippen LogP contribution in [-0.4, -0.2) is 65.5 Å². The molecule has 0 radical (unpaired) electrons. The molecule has 0 spiro atoms. The second-order valence-corrected chi connectivity index (χ2v) is 4.07. The summed E-state index contributed by atoms with van der Waals surface area (Å²) in [6.07, 6.45) is -5.35. The molecule has 12 heteroatoms. The molecule has 0 amide bonds. The van der Waals surface area contributed by atoms with Crippen molar-refractivity contribution in [3.63, 3.8) is 0 Å². The zero-order valence-electron chi connectivity index (χ0n) is 9.38. The monoisotopic (exact) mass is 301 g/mol. The summed E-state index contributed by atoms with van der Waals surface area (Å²) in [5.74, 6) is 0. The first-order chi connectivity index (χ1) is 7.19. The fourth-order valence-corrected chi connectivity index (χ4v) is 1.10. The van der Waals surface area contributed by atoms with Crippen molar-refractivity contribution in [2.45, 2.75) is 24.4 Å². The van der Waals surface area contributed by atoms with E-state index in [-0.39, 0.29) is 37.6 Å². The number of carbonyl (C=O) groups excluding carboxylic acids is 1. The van der Waals surface area contributed by atoms with Crippen LogP contribution in [0.4, 0.5) is 0 Å². The molecule has 9 nitrogen and oxygen atoms in total. The van der Waals surface area contributed by atoms with E-state index in [0.29, 0.717) is 0 Å². The number of hydrogen-bond acceptors (Lipinski definition) is 8. The summed E-state index contributed by atoms with van der Waals surface area (Å²) in [6, 6.07) is -1.43. The number of halogens is 1. The molecule has 0 aliphatic heterocycles. The van der Waals surface area contributed by atoms with Gasteiger partial charge in [0.25, 0.3) is 0 Å². The van der Waals surface area contributed by atoms with Crippen molar-refractivity contribution < 1.29 is 68.5 Å². The molecule has 4 atom stereocenters. The summed E-state index contributed by atoms with van der Waals surface area (Å²) < 4.78 is 32.1. The summed E-state index contributed by atoms with van der Waals surface area (Å²) in [5.41, 5.74) is 5.04. The van der Waals surface area contributed by atoms with Crippen LogP contribution >= 0.6 is 0 Å². The van der Waals surface area contributed by atoms with E-state index in [1.54, 1.807) is 0 Å². The second kappa shape index (κ2) is 10.1. The van der Waals surface area contributed by atoms with Gasteiger partial charge >= 0.3 is 29.3 Å². The number of carbonyl (C=O) groups is 1. The Morgan fingerprint density at radius 2 is 1.67 bits per heavy atom. The van der Waals surface area contributed by atoms with Gasteiger partial charge in [-0.25, -0.2) is 4.18 Å². The standard InChI is InChI=1S/C6H13NO8S.ClH.Li/c7-3(1-8)5(10)6(11)4(9)2-15-16(12,13)14;;/h1,3-6,9-11H,2,7H2,(H,12,13,14);1H;/q;;+1/p-1/t3-,4+,5+,6+;;/m0../s1. The number of hydrogen-bond donors (Lipinski definition) is 5. The van der Waals surface area contributed by atoms with Crippen molar-refractivity contribution >= 4 is 16.7 Å². The summed E-state index contributed by atoms with van der Waals surface area (Å²) in [5, 5.41) is 27.5. The number of nitrogens with two attached hydrogens (primary N) is 1. The summed E-state index contributed by atoms with van der Waals surface area (Å²) >= 11 is 0. The SMILES string of the molecule is N[C@@H](C=O)[C@@H](O)[C@H](O)[C@H](O)COS(=O)(=O)O.[Cl-].[Li+]. The van der Waals surface area contributed by atoms with Gasteiger partial charge in [-0.1, -0.05) is 0 Å². The van der Waals surface area contributed by atoms with Gasteiger partial charge in [0.15, 0.2) is 0 Å². The first-order valence-electron chi connectivity index (χ1n) is 4.06. The van der Waals surface area contributed by atoms with Gasteiger partial charge in [-0.15, -0.1) is 0 Å². The van der Waals surface area contributed by atoms with Crippen LogP contribution in [0, 0.1) is 0 Å². The fraction of sp³-hybridized carbons (Fsp3) is 0.833. The van der Waals surface area contributed by atoms with Crippen molar-refractivity contribution in [3.8, 4) is 0 Å². The van der Waals surface area contributed by atoms with Crippen LogP contribution in [0.2, 0.25) is 0 Å². The van der Waals surface area contributed by atoms with Gasteiger partial charge in [0.05, 0.1) is 12.6 Å². The topological polar surface area (TPSA) is 167 Å². The van der Waals surface area contributed by atoms with Crippen molar-refractivity contribution in [1.82, 2.24) is 0 Å². The minimum Gasteiger partial charge on any atom is -1.00 e. The van der Waals surface area contributed by atoms with Gasteiger partial charge in [0.2, 0.25) is 0 Å². The van der Waals surface area contributed by atoms with Crippen LogP contribution in [0.25, 0.3) is 0 Å². The van der Waals surface area contributed by atoms with Gasteiger partial charge < -0.3 is 38.3 Å². The molecule has 0 aromatic rings. The maximum absolute atomic E-state index is 10.1. The number of aliphatic hydroxyl groups excluding tert-OH is 3. The van der Waals surface area contributed by atoms with Crippen molar-refractivity contribution in [2.75, 3.05) is 6.61 Å². The second-order valence-electron chi connectivity index (χ2n) is 2.97. The molecule has 0 aromatic heterocycles. The molecule has 0 saturated heterocycles. The maximum atomic E-state index is 10.1. The molecular weight excluding hydrogens is 289 g/mol. The van der Waals surface area contributed by atoms with E-state index in [1.807, 2.05) is 0 Å². The fourth-order valence-electron chi connectivity index (χ4n) is 0.790. The maximum Gasteiger partial charge on any atom is 1.00 e. The minimum atomic E-state index is -4.76. The Kier molecular flexibility index (Phi) is 13.1. The third-order valence-corrected chi connectivity index (χ3v) is 2.12. The van der Waals surface area contributed by atoms with Crippen LogP contribution in [0.3, 0.4) is 0 Å². The predicted octanol–water partition coefficient (Wildman–Crippen LogP) is -9.58. The zero-order valence-corrected chi connectivity index (χ0v) is 11.0. The Hall–Kier alpha value is 0.267. The molecule has 0 aliphatic carbocycles. The van der Waals surface area contributed by atoms with Crippen LogP contribution in [0.5, 0.6) is 0 Å². The molecule has 0 fully saturated rings. The predicted molar refractivity (Wildman–Crippen MR) is 49.6 cm³/mol. The molecule has 104 valence electrons. The molecule has 0 aromatic carbocycles. The van der Waals surface area contributed by atoms with Crippen LogP contribution in [-0.2, 0) is 19.4 Å². The van der Waals surface area contributed by atoms with E-state index in [9.17, 15) is 18.3 Å². The minimum absolute atomic E-state index is 0. The van der Waals surface area contributed by atoms with Gasteiger partial charge in [-0.3, -0.25) is 4.55 Å².